The number of carbonyl (C=O) groups excluding carboxylic acids is 1. The Balaban J connectivity index is 1.80. The maximum Gasteiger partial charge on any atom is 0.241 e. The first-order chi connectivity index (χ1) is 10.2. The summed E-state index contributed by atoms with van der Waals surface area (Å²) < 4.78 is 5.48. The van der Waals surface area contributed by atoms with Crippen LogP contribution in [0.15, 0.2) is 30.3 Å². The molecular weight excluding hydrogens is 264 g/mol. The lowest BCUT2D eigenvalue weighted by molar-refractivity contribution is -0.130. The van der Waals surface area contributed by atoms with Crippen molar-refractivity contribution in [2.45, 2.75) is 45.3 Å². The third-order valence-electron chi connectivity index (χ3n) is 3.81. The van der Waals surface area contributed by atoms with Crippen LogP contribution in [0, 0.1) is 0 Å². The van der Waals surface area contributed by atoms with Gasteiger partial charge in [0.05, 0.1) is 12.2 Å². The molecule has 0 aliphatic carbocycles. The van der Waals surface area contributed by atoms with Crippen LogP contribution in [0.4, 0.5) is 0 Å². The molecule has 4 nitrogen and oxygen atoms in total. The lowest BCUT2D eigenvalue weighted by Gasteiger charge is -2.20. The van der Waals surface area contributed by atoms with Crippen molar-refractivity contribution < 1.29 is 9.53 Å². The zero-order valence-corrected chi connectivity index (χ0v) is 13.0. The van der Waals surface area contributed by atoms with Crippen LogP contribution in [-0.4, -0.2) is 42.8 Å². The molecule has 0 bridgehead atoms. The number of amides is 1. The molecule has 4 heteroatoms. The van der Waals surface area contributed by atoms with Gasteiger partial charge in [0.15, 0.2) is 0 Å². The van der Waals surface area contributed by atoms with Crippen molar-refractivity contribution in [1.82, 2.24) is 10.2 Å². The molecule has 0 aromatic heterocycles. The van der Waals surface area contributed by atoms with Gasteiger partial charge in [0.25, 0.3) is 0 Å². The Labute approximate surface area is 127 Å². The molecule has 2 atom stereocenters. The molecule has 1 amide bonds. The van der Waals surface area contributed by atoms with Gasteiger partial charge >= 0.3 is 0 Å². The van der Waals surface area contributed by atoms with E-state index in [1.54, 1.807) is 0 Å². The van der Waals surface area contributed by atoms with E-state index in [2.05, 4.69) is 31.3 Å². The predicted molar refractivity (Wildman–Crippen MR) is 84.0 cm³/mol. The van der Waals surface area contributed by atoms with E-state index < -0.39 is 0 Å². The van der Waals surface area contributed by atoms with E-state index in [0.717, 1.165) is 39.0 Å². The van der Waals surface area contributed by atoms with Gasteiger partial charge in [0.2, 0.25) is 5.91 Å². The highest BCUT2D eigenvalue weighted by atomic mass is 16.5. The van der Waals surface area contributed by atoms with Crippen LogP contribution < -0.4 is 5.32 Å². The molecule has 1 aliphatic heterocycles. The fourth-order valence-corrected chi connectivity index (χ4v) is 2.73. The SMILES string of the molecule is CCCOCCCN1C(=O)C(Cc2ccccc2)NC1C. The average molecular weight is 290 g/mol. The van der Waals surface area contributed by atoms with Gasteiger partial charge in [-0.25, -0.2) is 0 Å². The number of ether oxygens (including phenoxy) is 1. The Morgan fingerprint density at radius 1 is 1.24 bits per heavy atom. The van der Waals surface area contributed by atoms with Crippen LogP contribution in [0.5, 0.6) is 0 Å². The number of hydrogen-bond donors (Lipinski definition) is 1. The first-order valence-electron chi connectivity index (χ1n) is 7.90. The zero-order valence-electron chi connectivity index (χ0n) is 13.0. The Bertz CT molecular complexity index is 436. The second-order valence-corrected chi connectivity index (χ2v) is 5.58. The van der Waals surface area contributed by atoms with Crippen molar-refractivity contribution in [1.29, 1.82) is 0 Å². The lowest BCUT2D eigenvalue weighted by atomic mass is 10.1. The number of benzene rings is 1. The molecule has 116 valence electrons. The van der Waals surface area contributed by atoms with Crippen LogP contribution >= 0.6 is 0 Å². The molecule has 1 N–H and O–H groups in total. The van der Waals surface area contributed by atoms with Crippen LogP contribution in [0.2, 0.25) is 0 Å². The van der Waals surface area contributed by atoms with E-state index in [9.17, 15) is 4.79 Å². The van der Waals surface area contributed by atoms with E-state index in [1.807, 2.05) is 23.1 Å². The smallest absolute Gasteiger partial charge is 0.241 e. The van der Waals surface area contributed by atoms with Crippen LogP contribution in [0.1, 0.15) is 32.3 Å². The van der Waals surface area contributed by atoms with E-state index in [-0.39, 0.29) is 18.1 Å². The highest BCUT2D eigenvalue weighted by molar-refractivity contribution is 5.84. The van der Waals surface area contributed by atoms with Crippen molar-refractivity contribution in [3.8, 4) is 0 Å². The van der Waals surface area contributed by atoms with Gasteiger partial charge in [0, 0.05) is 19.8 Å². The molecule has 2 rings (SSSR count). The first kappa shape index (κ1) is 16.0. The molecule has 1 heterocycles. The second-order valence-electron chi connectivity index (χ2n) is 5.58. The topological polar surface area (TPSA) is 41.6 Å². The first-order valence-corrected chi connectivity index (χ1v) is 7.90. The summed E-state index contributed by atoms with van der Waals surface area (Å²) in [6.07, 6.45) is 2.81. The molecule has 0 saturated carbocycles. The van der Waals surface area contributed by atoms with Gasteiger partial charge in [-0.05, 0) is 31.7 Å². The lowest BCUT2D eigenvalue weighted by Crippen LogP contribution is -2.35. The van der Waals surface area contributed by atoms with Crippen molar-refractivity contribution in [3.05, 3.63) is 35.9 Å². The summed E-state index contributed by atoms with van der Waals surface area (Å²) in [6, 6.07) is 10.1. The summed E-state index contributed by atoms with van der Waals surface area (Å²) in [7, 11) is 0. The average Bonchev–Trinajstić information content (AvgIpc) is 2.75. The second kappa shape index (κ2) is 8.15. The quantitative estimate of drug-likeness (QED) is 0.746. The predicted octanol–water partition coefficient (Wildman–Crippen LogP) is 2.19. The van der Waals surface area contributed by atoms with Crippen LogP contribution in [0.3, 0.4) is 0 Å². The largest absolute Gasteiger partial charge is 0.381 e. The Kier molecular flexibility index (Phi) is 6.21. The minimum atomic E-state index is -0.0982. The molecule has 1 aliphatic rings. The summed E-state index contributed by atoms with van der Waals surface area (Å²) >= 11 is 0. The number of rotatable bonds is 8. The molecular formula is C17H26N2O2. The third-order valence-corrected chi connectivity index (χ3v) is 3.81. The summed E-state index contributed by atoms with van der Waals surface area (Å²) in [4.78, 5) is 14.4. The van der Waals surface area contributed by atoms with Crippen molar-refractivity contribution >= 4 is 5.91 Å². The fraction of sp³-hybridized carbons (Fsp3) is 0.588. The Morgan fingerprint density at radius 3 is 2.71 bits per heavy atom. The third kappa shape index (κ3) is 4.55. The molecule has 2 unspecified atom stereocenters. The minimum Gasteiger partial charge on any atom is -0.381 e. The van der Waals surface area contributed by atoms with E-state index >= 15 is 0 Å². The van der Waals surface area contributed by atoms with Crippen LogP contribution in [0.25, 0.3) is 0 Å². The molecule has 1 fully saturated rings. The van der Waals surface area contributed by atoms with Gasteiger partial charge in [-0.2, -0.15) is 0 Å². The molecule has 0 radical (unpaired) electrons. The summed E-state index contributed by atoms with van der Waals surface area (Å²) in [5.41, 5.74) is 1.20. The molecule has 1 aromatic carbocycles. The van der Waals surface area contributed by atoms with E-state index in [4.69, 9.17) is 4.74 Å². The van der Waals surface area contributed by atoms with E-state index in [0.29, 0.717) is 0 Å². The zero-order chi connectivity index (χ0) is 15.1. The molecule has 0 spiro atoms. The Hall–Kier alpha value is -1.39. The highest BCUT2D eigenvalue weighted by Crippen LogP contribution is 2.15. The maximum absolute atomic E-state index is 12.5. The van der Waals surface area contributed by atoms with Gasteiger partial charge in [-0.3, -0.25) is 10.1 Å². The number of hydrogen-bond acceptors (Lipinski definition) is 3. The summed E-state index contributed by atoms with van der Waals surface area (Å²) in [5, 5.41) is 3.39. The maximum atomic E-state index is 12.5. The normalized spacial score (nSPS) is 22.0. The monoisotopic (exact) mass is 290 g/mol. The number of nitrogens with zero attached hydrogens (tertiary/aromatic N) is 1. The Morgan fingerprint density at radius 2 is 2.00 bits per heavy atom. The van der Waals surface area contributed by atoms with Gasteiger partial charge < -0.3 is 9.64 Å². The van der Waals surface area contributed by atoms with Crippen molar-refractivity contribution in [3.63, 3.8) is 0 Å². The standard InChI is InChI=1S/C17H26N2O2/c1-3-11-21-12-7-10-19-14(2)18-16(17(19)20)13-15-8-5-4-6-9-15/h4-6,8-9,14,16,18H,3,7,10-13H2,1-2H3. The van der Waals surface area contributed by atoms with Gasteiger partial charge in [0.1, 0.15) is 0 Å². The number of nitrogens with one attached hydrogen (secondary N) is 1. The van der Waals surface area contributed by atoms with Gasteiger partial charge in [-0.15, -0.1) is 0 Å². The summed E-state index contributed by atoms with van der Waals surface area (Å²) in [5.74, 6) is 0.210. The fourth-order valence-electron chi connectivity index (χ4n) is 2.73. The van der Waals surface area contributed by atoms with Crippen molar-refractivity contribution in [2.75, 3.05) is 19.8 Å². The molecule has 21 heavy (non-hydrogen) atoms. The number of carbonyl (C=O) groups is 1. The van der Waals surface area contributed by atoms with E-state index in [1.165, 1.54) is 5.56 Å². The highest BCUT2D eigenvalue weighted by Gasteiger charge is 2.35. The van der Waals surface area contributed by atoms with Crippen molar-refractivity contribution in [2.24, 2.45) is 0 Å². The summed E-state index contributed by atoms with van der Waals surface area (Å²) in [6.45, 7) is 6.45. The molecule has 1 aromatic rings. The minimum absolute atomic E-state index is 0.0982. The molecule has 1 saturated heterocycles. The van der Waals surface area contributed by atoms with Crippen LogP contribution in [-0.2, 0) is 16.0 Å². The van der Waals surface area contributed by atoms with Gasteiger partial charge in [-0.1, -0.05) is 37.3 Å².